The highest BCUT2D eigenvalue weighted by molar-refractivity contribution is 7.99. The number of rotatable bonds is 4. The third-order valence-corrected chi connectivity index (χ3v) is 3.75. The van der Waals surface area contributed by atoms with Crippen LogP contribution in [0.3, 0.4) is 0 Å². The van der Waals surface area contributed by atoms with Crippen LogP contribution < -0.4 is 11.0 Å². The third kappa shape index (κ3) is 2.43. The van der Waals surface area contributed by atoms with E-state index in [2.05, 4.69) is 15.5 Å². The minimum absolute atomic E-state index is 0.112. The van der Waals surface area contributed by atoms with Gasteiger partial charge in [0.05, 0.1) is 0 Å². The fraction of sp³-hybridized carbons (Fsp3) is 0.778. The molecule has 0 amide bonds. The molecule has 1 aromatic heterocycles. The van der Waals surface area contributed by atoms with E-state index in [0.29, 0.717) is 12.6 Å². The van der Waals surface area contributed by atoms with Crippen LogP contribution in [0.5, 0.6) is 0 Å². The summed E-state index contributed by atoms with van der Waals surface area (Å²) in [5, 5.41) is 10.7. The smallest absolute Gasteiger partial charge is 0.313 e. The van der Waals surface area contributed by atoms with Gasteiger partial charge in [-0.15, -0.1) is 5.10 Å². The summed E-state index contributed by atoms with van der Waals surface area (Å²) in [5.74, 6) is 0.990. The van der Waals surface area contributed by atoms with Gasteiger partial charge in [-0.1, -0.05) is 11.8 Å². The van der Waals surface area contributed by atoms with E-state index in [1.54, 1.807) is 16.3 Å². The number of nitrogens with zero attached hydrogens (tertiary/aromatic N) is 2. The number of aromatic nitrogens is 3. The average molecular weight is 228 g/mol. The molecule has 84 valence electrons. The first kappa shape index (κ1) is 10.8. The van der Waals surface area contributed by atoms with Crippen LogP contribution in [0.25, 0.3) is 0 Å². The minimum Gasteiger partial charge on any atom is -0.313 e. The second-order valence-electron chi connectivity index (χ2n) is 3.66. The van der Waals surface area contributed by atoms with Gasteiger partial charge in [0.25, 0.3) is 0 Å². The second kappa shape index (κ2) is 4.85. The molecule has 2 heterocycles. The molecule has 5 nitrogen and oxygen atoms in total. The molecular weight excluding hydrogens is 212 g/mol. The van der Waals surface area contributed by atoms with Crippen molar-refractivity contribution < 1.29 is 0 Å². The number of hydrogen-bond donors (Lipinski definition) is 2. The fourth-order valence-corrected chi connectivity index (χ4v) is 2.88. The lowest BCUT2D eigenvalue weighted by molar-refractivity contribution is 0.650. The van der Waals surface area contributed by atoms with Gasteiger partial charge < -0.3 is 5.32 Å². The van der Waals surface area contributed by atoms with Crippen molar-refractivity contribution in [2.45, 2.75) is 37.5 Å². The van der Waals surface area contributed by atoms with Gasteiger partial charge in [-0.05, 0) is 26.3 Å². The molecule has 0 aromatic carbocycles. The minimum atomic E-state index is -0.112. The van der Waals surface area contributed by atoms with E-state index < -0.39 is 0 Å². The number of thioether (sulfide) groups is 1. The molecule has 0 radical (unpaired) electrons. The summed E-state index contributed by atoms with van der Waals surface area (Å²) in [6, 6.07) is 0.576. The monoisotopic (exact) mass is 228 g/mol. The Morgan fingerprint density at radius 2 is 2.53 bits per heavy atom. The SMILES string of the molecule is CCn1c(SCC2CCCN2)n[nH]c1=O. The topological polar surface area (TPSA) is 62.7 Å². The molecule has 2 N–H and O–H groups in total. The molecule has 1 fully saturated rings. The van der Waals surface area contributed by atoms with Gasteiger partial charge in [-0.2, -0.15) is 0 Å². The average Bonchev–Trinajstić information content (AvgIpc) is 2.84. The Morgan fingerprint density at radius 3 is 3.20 bits per heavy atom. The number of aromatic amines is 1. The Bertz CT molecular complexity index is 366. The predicted octanol–water partition coefficient (Wildman–Crippen LogP) is 0.435. The lowest BCUT2D eigenvalue weighted by Gasteiger charge is -2.08. The maximum absolute atomic E-state index is 11.3. The van der Waals surface area contributed by atoms with Crippen LogP contribution in [0.4, 0.5) is 0 Å². The van der Waals surface area contributed by atoms with E-state index in [9.17, 15) is 4.79 Å². The van der Waals surface area contributed by atoms with Crippen LogP contribution in [0, 0.1) is 0 Å². The van der Waals surface area contributed by atoms with Crippen LogP contribution in [0.15, 0.2) is 9.95 Å². The van der Waals surface area contributed by atoms with Gasteiger partial charge in [-0.3, -0.25) is 4.57 Å². The predicted molar refractivity (Wildman–Crippen MR) is 60.3 cm³/mol. The van der Waals surface area contributed by atoms with Crippen LogP contribution in [-0.2, 0) is 6.54 Å². The Kier molecular flexibility index (Phi) is 3.48. The zero-order valence-electron chi connectivity index (χ0n) is 8.82. The summed E-state index contributed by atoms with van der Waals surface area (Å²) in [7, 11) is 0. The van der Waals surface area contributed by atoms with Crippen LogP contribution >= 0.6 is 11.8 Å². The third-order valence-electron chi connectivity index (χ3n) is 2.62. The first-order valence-electron chi connectivity index (χ1n) is 5.32. The van der Waals surface area contributed by atoms with E-state index in [0.717, 1.165) is 17.5 Å². The molecule has 0 bridgehead atoms. The zero-order valence-corrected chi connectivity index (χ0v) is 9.64. The molecule has 1 aromatic rings. The van der Waals surface area contributed by atoms with Crippen molar-refractivity contribution in [2.24, 2.45) is 0 Å². The van der Waals surface area contributed by atoms with Gasteiger partial charge >= 0.3 is 5.69 Å². The molecule has 1 saturated heterocycles. The van der Waals surface area contributed by atoms with Crippen LogP contribution in [0.1, 0.15) is 19.8 Å². The van der Waals surface area contributed by atoms with Gasteiger partial charge in [0.2, 0.25) is 0 Å². The maximum Gasteiger partial charge on any atom is 0.343 e. The summed E-state index contributed by atoms with van der Waals surface area (Å²) in [6.45, 7) is 3.75. The largest absolute Gasteiger partial charge is 0.343 e. The van der Waals surface area contributed by atoms with E-state index >= 15 is 0 Å². The van der Waals surface area contributed by atoms with Crippen molar-refractivity contribution in [1.82, 2.24) is 20.1 Å². The summed E-state index contributed by atoms with van der Waals surface area (Å²) in [6.07, 6.45) is 2.49. The molecule has 1 aliphatic rings. The molecule has 0 spiro atoms. The normalized spacial score (nSPS) is 21.0. The van der Waals surface area contributed by atoms with E-state index in [4.69, 9.17) is 0 Å². The second-order valence-corrected chi connectivity index (χ2v) is 4.65. The lowest BCUT2D eigenvalue weighted by Crippen LogP contribution is -2.24. The van der Waals surface area contributed by atoms with Gasteiger partial charge in [-0.25, -0.2) is 9.89 Å². The Balaban J connectivity index is 1.95. The van der Waals surface area contributed by atoms with Crippen LogP contribution in [0.2, 0.25) is 0 Å². The molecule has 1 unspecified atom stereocenters. The number of nitrogens with one attached hydrogen (secondary N) is 2. The highest BCUT2D eigenvalue weighted by Gasteiger charge is 2.16. The molecule has 2 rings (SSSR count). The highest BCUT2D eigenvalue weighted by atomic mass is 32.2. The lowest BCUT2D eigenvalue weighted by atomic mass is 10.3. The highest BCUT2D eigenvalue weighted by Crippen LogP contribution is 2.18. The van der Waals surface area contributed by atoms with Crippen molar-refractivity contribution in [2.75, 3.05) is 12.3 Å². The summed E-state index contributed by atoms with van der Waals surface area (Å²) < 4.78 is 1.67. The first-order valence-corrected chi connectivity index (χ1v) is 6.31. The quantitative estimate of drug-likeness (QED) is 0.734. The molecule has 15 heavy (non-hydrogen) atoms. The Labute approximate surface area is 92.6 Å². The number of hydrogen-bond acceptors (Lipinski definition) is 4. The van der Waals surface area contributed by atoms with Gasteiger partial charge in [0.1, 0.15) is 0 Å². The van der Waals surface area contributed by atoms with E-state index in [1.807, 2.05) is 6.92 Å². The summed E-state index contributed by atoms with van der Waals surface area (Å²) in [4.78, 5) is 11.3. The molecule has 0 aliphatic carbocycles. The van der Waals surface area contributed by atoms with Crippen molar-refractivity contribution in [1.29, 1.82) is 0 Å². The molecule has 0 saturated carbocycles. The standard InChI is InChI=1S/C9H16N4OS/c1-2-13-8(14)11-12-9(13)15-6-7-4-3-5-10-7/h7,10H,2-6H2,1H3,(H,11,14). The van der Waals surface area contributed by atoms with Crippen LogP contribution in [-0.4, -0.2) is 33.1 Å². The van der Waals surface area contributed by atoms with E-state index in [-0.39, 0.29) is 5.69 Å². The zero-order chi connectivity index (χ0) is 10.7. The molecular formula is C9H16N4OS. The van der Waals surface area contributed by atoms with Crippen molar-refractivity contribution in [3.63, 3.8) is 0 Å². The van der Waals surface area contributed by atoms with Gasteiger partial charge in [0, 0.05) is 18.3 Å². The van der Waals surface area contributed by atoms with E-state index in [1.165, 1.54) is 12.8 Å². The molecule has 1 atom stereocenters. The summed E-state index contributed by atoms with van der Waals surface area (Å²) in [5.41, 5.74) is -0.112. The first-order chi connectivity index (χ1) is 7.31. The Hall–Kier alpha value is -0.750. The fourth-order valence-electron chi connectivity index (χ4n) is 1.77. The maximum atomic E-state index is 11.3. The molecule has 6 heteroatoms. The van der Waals surface area contributed by atoms with Crippen molar-refractivity contribution in [3.05, 3.63) is 10.5 Å². The van der Waals surface area contributed by atoms with Gasteiger partial charge in [0.15, 0.2) is 5.16 Å². The summed E-state index contributed by atoms with van der Waals surface area (Å²) >= 11 is 1.65. The number of H-pyrrole nitrogens is 1. The molecule has 1 aliphatic heterocycles. The Morgan fingerprint density at radius 1 is 1.67 bits per heavy atom. The van der Waals surface area contributed by atoms with Crippen molar-refractivity contribution >= 4 is 11.8 Å². The van der Waals surface area contributed by atoms with Crippen molar-refractivity contribution in [3.8, 4) is 0 Å².